The minimum absolute atomic E-state index is 0.117. The molecule has 8 heteroatoms. The monoisotopic (exact) mass is 258 g/mol. The van der Waals surface area contributed by atoms with Gasteiger partial charge in [0.25, 0.3) is 0 Å². The first-order valence-electron chi connectivity index (χ1n) is 5.00. The second kappa shape index (κ2) is 5.65. The van der Waals surface area contributed by atoms with Crippen molar-refractivity contribution in [1.82, 2.24) is 9.78 Å². The zero-order valence-corrected chi connectivity index (χ0v) is 10.5. The molecular weight excluding hydrogens is 244 g/mol. The van der Waals surface area contributed by atoms with Crippen LogP contribution in [-0.4, -0.2) is 37.2 Å². The third-order valence-corrected chi connectivity index (χ3v) is 3.22. The number of sulfonamides is 1. The molecule has 1 N–H and O–H groups in total. The van der Waals surface area contributed by atoms with Gasteiger partial charge in [0.05, 0.1) is 18.6 Å². The highest BCUT2D eigenvalue weighted by Crippen LogP contribution is 2.14. The standard InChI is InChI=1S/C9H14N4O3S/c1-3-16-4-5-17(14,15)12-9-8(6-10)7-11-13(9)2/h7,12H,3-5H2,1-2H3. The Balaban J connectivity index is 2.76. The molecule has 1 rings (SSSR count). The Morgan fingerprint density at radius 2 is 2.35 bits per heavy atom. The van der Waals surface area contributed by atoms with E-state index in [9.17, 15) is 8.42 Å². The summed E-state index contributed by atoms with van der Waals surface area (Å²) in [6.07, 6.45) is 1.31. The molecule has 0 saturated heterocycles. The molecule has 94 valence electrons. The number of nitrogens with one attached hydrogen (secondary N) is 1. The molecule has 0 aliphatic rings. The number of hydrogen-bond acceptors (Lipinski definition) is 5. The summed E-state index contributed by atoms with van der Waals surface area (Å²) in [5.74, 6) is 0.0145. The lowest BCUT2D eigenvalue weighted by atomic mass is 10.4. The van der Waals surface area contributed by atoms with Gasteiger partial charge in [-0.15, -0.1) is 0 Å². The van der Waals surface area contributed by atoms with Gasteiger partial charge in [-0.1, -0.05) is 0 Å². The number of hydrogen-bond donors (Lipinski definition) is 1. The summed E-state index contributed by atoms with van der Waals surface area (Å²) >= 11 is 0. The number of rotatable bonds is 6. The Morgan fingerprint density at radius 1 is 1.65 bits per heavy atom. The molecule has 0 fully saturated rings. The van der Waals surface area contributed by atoms with Gasteiger partial charge >= 0.3 is 0 Å². The van der Waals surface area contributed by atoms with E-state index in [0.717, 1.165) is 0 Å². The molecule has 0 unspecified atom stereocenters. The fraction of sp³-hybridized carbons (Fsp3) is 0.556. The normalized spacial score (nSPS) is 11.1. The van der Waals surface area contributed by atoms with Gasteiger partial charge in [-0.25, -0.2) is 8.42 Å². The van der Waals surface area contributed by atoms with Crippen molar-refractivity contribution in [2.24, 2.45) is 7.05 Å². The zero-order valence-electron chi connectivity index (χ0n) is 9.67. The third kappa shape index (κ3) is 3.72. The van der Waals surface area contributed by atoms with Crippen LogP contribution in [0.5, 0.6) is 0 Å². The highest BCUT2D eigenvalue weighted by molar-refractivity contribution is 7.92. The minimum atomic E-state index is -3.52. The number of aryl methyl sites for hydroxylation is 1. The van der Waals surface area contributed by atoms with Crippen LogP contribution in [0, 0.1) is 11.3 Å². The van der Waals surface area contributed by atoms with Crippen LogP contribution in [0.25, 0.3) is 0 Å². The maximum atomic E-state index is 11.7. The molecule has 0 saturated carbocycles. The average Bonchev–Trinajstić information content (AvgIpc) is 2.60. The van der Waals surface area contributed by atoms with Gasteiger partial charge in [0.1, 0.15) is 11.6 Å². The van der Waals surface area contributed by atoms with E-state index in [0.29, 0.717) is 6.61 Å². The summed E-state index contributed by atoms with van der Waals surface area (Å²) in [4.78, 5) is 0. The van der Waals surface area contributed by atoms with E-state index in [2.05, 4.69) is 9.82 Å². The van der Waals surface area contributed by atoms with Gasteiger partial charge in [0.15, 0.2) is 5.82 Å². The first-order chi connectivity index (χ1) is 8.00. The van der Waals surface area contributed by atoms with Crippen LogP contribution in [-0.2, 0) is 21.8 Å². The third-order valence-electron chi connectivity index (χ3n) is 2.01. The largest absolute Gasteiger partial charge is 0.381 e. The maximum absolute atomic E-state index is 11.7. The summed E-state index contributed by atoms with van der Waals surface area (Å²) < 4.78 is 31.9. The molecule has 0 aromatic carbocycles. The lowest BCUT2D eigenvalue weighted by Gasteiger charge is -2.08. The lowest BCUT2D eigenvalue weighted by Crippen LogP contribution is -2.22. The predicted octanol–water partition coefficient (Wildman–Crippen LogP) is 0.0700. The van der Waals surface area contributed by atoms with Crippen molar-refractivity contribution in [3.8, 4) is 6.07 Å². The molecule has 1 aromatic heterocycles. The summed E-state index contributed by atoms with van der Waals surface area (Å²) in [6, 6.07) is 1.86. The van der Waals surface area contributed by atoms with Gasteiger partial charge in [0, 0.05) is 13.7 Å². The van der Waals surface area contributed by atoms with Crippen LogP contribution in [0.3, 0.4) is 0 Å². The van der Waals surface area contributed by atoms with Crippen molar-refractivity contribution in [3.63, 3.8) is 0 Å². The lowest BCUT2D eigenvalue weighted by molar-refractivity contribution is 0.163. The summed E-state index contributed by atoms with van der Waals surface area (Å²) in [5, 5.41) is 12.6. The van der Waals surface area contributed by atoms with Crippen molar-refractivity contribution in [1.29, 1.82) is 5.26 Å². The fourth-order valence-corrected chi connectivity index (χ4v) is 2.13. The highest BCUT2D eigenvalue weighted by Gasteiger charge is 2.16. The molecule has 0 bridgehead atoms. The SMILES string of the molecule is CCOCCS(=O)(=O)Nc1c(C#N)cnn1C. The molecule has 1 heterocycles. The molecular formula is C9H14N4O3S. The van der Waals surface area contributed by atoms with E-state index in [1.165, 1.54) is 10.9 Å². The van der Waals surface area contributed by atoms with E-state index in [1.807, 2.05) is 6.07 Å². The average molecular weight is 258 g/mol. The molecule has 17 heavy (non-hydrogen) atoms. The maximum Gasteiger partial charge on any atom is 0.236 e. The molecule has 0 atom stereocenters. The van der Waals surface area contributed by atoms with Crippen LogP contribution >= 0.6 is 0 Å². The van der Waals surface area contributed by atoms with E-state index in [1.54, 1.807) is 14.0 Å². The number of nitrogens with zero attached hydrogens (tertiary/aromatic N) is 3. The molecule has 7 nitrogen and oxygen atoms in total. The van der Waals surface area contributed by atoms with Gasteiger partial charge in [-0.2, -0.15) is 10.4 Å². The predicted molar refractivity (Wildman–Crippen MR) is 61.8 cm³/mol. The smallest absolute Gasteiger partial charge is 0.236 e. The Kier molecular flexibility index (Phi) is 4.48. The van der Waals surface area contributed by atoms with Crippen molar-refractivity contribution < 1.29 is 13.2 Å². The van der Waals surface area contributed by atoms with Crippen LogP contribution in [0.1, 0.15) is 12.5 Å². The number of ether oxygens (including phenoxy) is 1. The topological polar surface area (TPSA) is 97.0 Å². The van der Waals surface area contributed by atoms with Gasteiger partial charge in [-0.05, 0) is 6.92 Å². The van der Waals surface area contributed by atoms with E-state index in [-0.39, 0.29) is 23.7 Å². The van der Waals surface area contributed by atoms with Crippen LogP contribution in [0.2, 0.25) is 0 Å². The Morgan fingerprint density at radius 3 is 2.94 bits per heavy atom. The second-order valence-electron chi connectivity index (χ2n) is 3.26. The zero-order chi connectivity index (χ0) is 12.9. The van der Waals surface area contributed by atoms with Gasteiger partial charge < -0.3 is 4.74 Å². The van der Waals surface area contributed by atoms with Crippen LogP contribution in [0.4, 0.5) is 5.82 Å². The van der Waals surface area contributed by atoms with Crippen molar-refractivity contribution in [2.45, 2.75) is 6.92 Å². The first kappa shape index (κ1) is 13.5. The Bertz CT molecular complexity index is 515. The Labute approximate surface area is 100 Å². The second-order valence-corrected chi connectivity index (χ2v) is 5.10. The molecule has 0 aliphatic heterocycles. The van der Waals surface area contributed by atoms with Crippen LogP contribution in [0.15, 0.2) is 6.20 Å². The van der Waals surface area contributed by atoms with Gasteiger partial charge in [-0.3, -0.25) is 9.40 Å². The van der Waals surface area contributed by atoms with E-state index >= 15 is 0 Å². The number of aromatic nitrogens is 2. The fourth-order valence-electron chi connectivity index (χ4n) is 1.15. The molecule has 0 radical (unpaired) electrons. The van der Waals surface area contributed by atoms with E-state index in [4.69, 9.17) is 10.00 Å². The van der Waals surface area contributed by atoms with Crippen molar-refractivity contribution >= 4 is 15.8 Å². The molecule has 1 aromatic rings. The molecule has 0 amide bonds. The number of nitriles is 1. The molecule has 0 spiro atoms. The first-order valence-corrected chi connectivity index (χ1v) is 6.65. The van der Waals surface area contributed by atoms with Crippen LogP contribution < -0.4 is 4.72 Å². The van der Waals surface area contributed by atoms with Crippen molar-refractivity contribution in [2.75, 3.05) is 23.7 Å². The van der Waals surface area contributed by atoms with Crippen molar-refractivity contribution in [3.05, 3.63) is 11.8 Å². The summed E-state index contributed by atoms with van der Waals surface area (Å²) in [7, 11) is -1.96. The summed E-state index contributed by atoms with van der Waals surface area (Å²) in [6.45, 7) is 2.37. The van der Waals surface area contributed by atoms with Gasteiger partial charge in [0.2, 0.25) is 10.0 Å². The minimum Gasteiger partial charge on any atom is -0.381 e. The number of anilines is 1. The quantitative estimate of drug-likeness (QED) is 0.728. The summed E-state index contributed by atoms with van der Waals surface area (Å²) in [5.41, 5.74) is 0.187. The Hall–Kier alpha value is -1.59. The highest BCUT2D eigenvalue weighted by atomic mass is 32.2. The van der Waals surface area contributed by atoms with E-state index < -0.39 is 10.0 Å². The molecule has 0 aliphatic carbocycles.